The van der Waals surface area contributed by atoms with E-state index in [9.17, 15) is 9.18 Å². The summed E-state index contributed by atoms with van der Waals surface area (Å²) in [6.45, 7) is 5.88. The van der Waals surface area contributed by atoms with E-state index in [-0.39, 0.29) is 5.82 Å². The van der Waals surface area contributed by atoms with E-state index in [1.165, 1.54) is 12.1 Å². The van der Waals surface area contributed by atoms with E-state index < -0.39 is 5.91 Å². The fourth-order valence-corrected chi connectivity index (χ4v) is 2.06. The number of nitrogen functional groups attached to an aromatic ring is 1. The lowest BCUT2D eigenvalue weighted by Gasteiger charge is -2.28. The van der Waals surface area contributed by atoms with Crippen molar-refractivity contribution < 1.29 is 13.9 Å². The predicted octanol–water partition coefficient (Wildman–Crippen LogP) is 1.68. The molecule has 118 valence electrons. The normalized spacial score (nSPS) is 12.5. The number of hydrazine groups is 1. The molecule has 0 aliphatic rings. The lowest BCUT2D eigenvalue weighted by molar-refractivity contribution is 0.0953. The number of benzene rings is 1. The molecular formula is C15H24FN3O2. The van der Waals surface area contributed by atoms with Crippen molar-refractivity contribution in [2.75, 3.05) is 20.3 Å². The Morgan fingerprint density at radius 3 is 2.81 bits per heavy atom. The van der Waals surface area contributed by atoms with Gasteiger partial charge in [0.15, 0.2) is 0 Å². The topological polar surface area (TPSA) is 67.6 Å². The molecule has 1 aromatic carbocycles. The third kappa shape index (κ3) is 5.08. The molecule has 0 spiro atoms. The van der Waals surface area contributed by atoms with Gasteiger partial charge in [0.2, 0.25) is 0 Å². The molecule has 0 fully saturated rings. The number of carbonyl (C=O) groups excluding carboxylic acids is 1. The van der Waals surface area contributed by atoms with Crippen molar-refractivity contribution in [2.45, 2.75) is 32.9 Å². The molecule has 1 amide bonds. The van der Waals surface area contributed by atoms with Crippen LogP contribution in [0.25, 0.3) is 0 Å². The van der Waals surface area contributed by atoms with Gasteiger partial charge >= 0.3 is 0 Å². The van der Waals surface area contributed by atoms with Crippen LogP contribution in [0, 0.1) is 5.82 Å². The van der Waals surface area contributed by atoms with E-state index in [1.807, 2.05) is 0 Å². The average molecular weight is 297 g/mol. The third-order valence-corrected chi connectivity index (χ3v) is 3.61. The summed E-state index contributed by atoms with van der Waals surface area (Å²) in [5, 5.41) is 0. The SMILES string of the molecule is CCC(C)N(CCOC)Cc1cc(C(=O)NN)ccc1F. The molecule has 0 saturated heterocycles. The number of nitrogens with one attached hydrogen (secondary N) is 1. The molecule has 0 radical (unpaired) electrons. The lowest BCUT2D eigenvalue weighted by atomic mass is 10.1. The van der Waals surface area contributed by atoms with Gasteiger partial charge in [-0.3, -0.25) is 15.1 Å². The Kier molecular flexibility index (Phi) is 7.28. The van der Waals surface area contributed by atoms with Crippen LogP contribution in [0.3, 0.4) is 0 Å². The van der Waals surface area contributed by atoms with Crippen LogP contribution in [0.4, 0.5) is 4.39 Å². The number of nitrogens with two attached hydrogens (primary N) is 1. The molecule has 0 aliphatic carbocycles. The van der Waals surface area contributed by atoms with Crippen molar-refractivity contribution in [1.29, 1.82) is 0 Å². The van der Waals surface area contributed by atoms with Crippen LogP contribution in [-0.2, 0) is 11.3 Å². The highest BCUT2D eigenvalue weighted by Gasteiger charge is 2.16. The second-order valence-electron chi connectivity index (χ2n) is 5.00. The second kappa shape index (κ2) is 8.71. The van der Waals surface area contributed by atoms with Gasteiger partial charge in [0, 0.05) is 37.4 Å². The lowest BCUT2D eigenvalue weighted by Crippen LogP contribution is -2.35. The summed E-state index contributed by atoms with van der Waals surface area (Å²) in [6.07, 6.45) is 0.953. The number of amides is 1. The van der Waals surface area contributed by atoms with E-state index in [2.05, 4.69) is 24.2 Å². The van der Waals surface area contributed by atoms with E-state index in [4.69, 9.17) is 10.6 Å². The number of ether oxygens (including phenoxy) is 1. The molecule has 21 heavy (non-hydrogen) atoms. The number of nitrogens with zero attached hydrogens (tertiary/aromatic N) is 1. The minimum Gasteiger partial charge on any atom is -0.383 e. The Hall–Kier alpha value is -1.50. The fraction of sp³-hybridized carbons (Fsp3) is 0.533. The summed E-state index contributed by atoms with van der Waals surface area (Å²) in [7, 11) is 1.64. The van der Waals surface area contributed by atoms with Crippen molar-refractivity contribution in [3.63, 3.8) is 0 Å². The maximum Gasteiger partial charge on any atom is 0.265 e. The highest BCUT2D eigenvalue weighted by atomic mass is 19.1. The summed E-state index contributed by atoms with van der Waals surface area (Å²) in [5.74, 6) is 4.36. The zero-order chi connectivity index (χ0) is 15.8. The summed E-state index contributed by atoms with van der Waals surface area (Å²) < 4.78 is 19.1. The van der Waals surface area contributed by atoms with Gasteiger partial charge in [-0.2, -0.15) is 0 Å². The van der Waals surface area contributed by atoms with E-state index >= 15 is 0 Å². The van der Waals surface area contributed by atoms with Crippen molar-refractivity contribution in [1.82, 2.24) is 10.3 Å². The molecule has 0 aromatic heterocycles. The van der Waals surface area contributed by atoms with Crippen LogP contribution in [0.2, 0.25) is 0 Å². The first-order valence-electron chi connectivity index (χ1n) is 7.05. The van der Waals surface area contributed by atoms with Crippen LogP contribution in [0.5, 0.6) is 0 Å². The number of rotatable bonds is 8. The van der Waals surface area contributed by atoms with Crippen LogP contribution in [0.15, 0.2) is 18.2 Å². The molecule has 0 saturated carbocycles. The van der Waals surface area contributed by atoms with Gasteiger partial charge in [-0.05, 0) is 31.5 Å². The molecule has 1 atom stereocenters. The zero-order valence-electron chi connectivity index (χ0n) is 12.9. The maximum atomic E-state index is 14.0. The Morgan fingerprint density at radius 2 is 2.24 bits per heavy atom. The minimum absolute atomic E-state index is 0.298. The van der Waals surface area contributed by atoms with Gasteiger partial charge in [-0.1, -0.05) is 6.92 Å². The smallest absolute Gasteiger partial charge is 0.265 e. The van der Waals surface area contributed by atoms with Gasteiger partial charge < -0.3 is 4.74 Å². The number of carbonyl (C=O) groups is 1. The van der Waals surface area contributed by atoms with Gasteiger partial charge in [0.25, 0.3) is 5.91 Å². The Labute approximate surface area is 125 Å². The number of hydrogen-bond acceptors (Lipinski definition) is 4. The molecular weight excluding hydrogens is 273 g/mol. The minimum atomic E-state index is -0.428. The first kappa shape index (κ1) is 17.6. The van der Waals surface area contributed by atoms with E-state index in [0.717, 1.165) is 6.42 Å². The Bertz CT molecular complexity index is 468. The second-order valence-corrected chi connectivity index (χ2v) is 5.00. The zero-order valence-corrected chi connectivity index (χ0v) is 12.9. The van der Waals surface area contributed by atoms with Crippen molar-refractivity contribution in [3.05, 3.63) is 35.1 Å². The quantitative estimate of drug-likeness (QED) is 0.435. The van der Waals surface area contributed by atoms with Crippen molar-refractivity contribution >= 4 is 5.91 Å². The Balaban J connectivity index is 2.93. The Morgan fingerprint density at radius 1 is 1.52 bits per heavy atom. The largest absolute Gasteiger partial charge is 0.383 e. The first-order chi connectivity index (χ1) is 10.0. The highest BCUT2D eigenvalue weighted by molar-refractivity contribution is 5.93. The van der Waals surface area contributed by atoms with Gasteiger partial charge in [-0.25, -0.2) is 10.2 Å². The summed E-state index contributed by atoms with van der Waals surface area (Å²) in [6, 6.07) is 4.56. The van der Waals surface area contributed by atoms with Gasteiger partial charge in [0.05, 0.1) is 6.61 Å². The molecule has 1 aromatic rings. The molecule has 5 nitrogen and oxygen atoms in total. The van der Waals surface area contributed by atoms with E-state index in [1.54, 1.807) is 13.2 Å². The average Bonchev–Trinajstić information content (AvgIpc) is 2.51. The summed E-state index contributed by atoms with van der Waals surface area (Å²) >= 11 is 0. The molecule has 0 bridgehead atoms. The molecule has 6 heteroatoms. The fourth-order valence-electron chi connectivity index (χ4n) is 2.06. The predicted molar refractivity (Wildman–Crippen MR) is 80.1 cm³/mol. The van der Waals surface area contributed by atoms with Crippen LogP contribution < -0.4 is 11.3 Å². The van der Waals surface area contributed by atoms with E-state index in [0.29, 0.717) is 36.9 Å². The van der Waals surface area contributed by atoms with Gasteiger partial charge in [0.1, 0.15) is 5.82 Å². The maximum absolute atomic E-state index is 14.0. The number of hydrogen-bond donors (Lipinski definition) is 2. The summed E-state index contributed by atoms with van der Waals surface area (Å²) in [5.41, 5.74) is 2.89. The molecule has 1 rings (SSSR count). The monoisotopic (exact) mass is 297 g/mol. The standard InChI is InChI=1S/C15H24FN3O2/c1-4-11(2)19(7-8-21-3)10-13-9-12(15(20)18-17)5-6-14(13)16/h5-6,9,11H,4,7-8,10,17H2,1-3H3,(H,18,20). The van der Waals surface area contributed by atoms with Crippen molar-refractivity contribution in [2.24, 2.45) is 5.84 Å². The van der Waals surface area contributed by atoms with Gasteiger partial charge in [-0.15, -0.1) is 0 Å². The molecule has 0 heterocycles. The molecule has 1 unspecified atom stereocenters. The first-order valence-corrected chi connectivity index (χ1v) is 7.05. The summed E-state index contributed by atoms with van der Waals surface area (Å²) in [4.78, 5) is 13.7. The van der Waals surface area contributed by atoms with Crippen LogP contribution in [-0.4, -0.2) is 37.1 Å². The van der Waals surface area contributed by atoms with Crippen molar-refractivity contribution in [3.8, 4) is 0 Å². The number of halogens is 1. The number of methoxy groups -OCH3 is 1. The molecule has 3 N–H and O–H groups in total. The third-order valence-electron chi connectivity index (χ3n) is 3.61. The van der Waals surface area contributed by atoms with Crippen LogP contribution >= 0.6 is 0 Å². The highest BCUT2D eigenvalue weighted by Crippen LogP contribution is 2.16. The molecule has 0 aliphatic heterocycles. The van der Waals surface area contributed by atoms with Crippen LogP contribution in [0.1, 0.15) is 36.2 Å².